The summed E-state index contributed by atoms with van der Waals surface area (Å²) in [5.74, 6) is -0.257. The number of carbonyl (C=O) groups excluding carboxylic acids is 2. The summed E-state index contributed by atoms with van der Waals surface area (Å²) in [6.07, 6.45) is 3.36. The fourth-order valence-electron chi connectivity index (χ4n) is 2.13. The number of hydrogen-bond acceptors (Lipinski definition) is 4. The Kier molecular flexibility index (Phi) is 3.65. The normalized spacial score (nSPS) is 18.1. The van der Waals surface area contributed by atoms with Crippen molar-refractivity contribution in [2.45, 2.75) is 6.04 Å². The molecule has 1 saturated heterocycles. The summed E-state index contributed by atoms with van der Waals surface area (Å²) in [5, 5.41) is 8.36. The number of carbonyl (C=O) groups is 2. The van der Waals surface area contributed by atoms with E-state index in [-0.39, 0.29) is 18.4 Å². The van der Waals surface area contributed by atoms with E-state index in [9.17, 15) is 9.59 Å². The molecule has 1 aliphatic rings. The second-order valence-electron chi connectivity index (χ2n) is 4.77. The standard InChI is InChI=1S/C14H15N5O2/c20-13-7-16-12(6-17-13)14(21)19-10-3-1-9(2-4-10)11-5-15-8-18-11/h1-5,8,12,16H,6-7H2,(H,15,18)(H,17,20)(H,19,21). The zero-order valence-electron chi connectivity index (χ0n) is 11.2. The lowest BCUT2D eigenvalue weighted by molar-refractivity contribution is -0.124. The third kappa shape index (κ3) is 3.09. The number of aromatic nitrogens is 2. The van der Waals surface area contributed by atoms with Gasteiger partial charge in [-0.1, -0.05) is 12.1 Å². The summed E-state index contributed by atoms with van der Waals surface area (Å²) in [7, 11) is 0. The molecule has 1 atom stereocenters. The van der Waals surface area contributed by atoms with Crippen LogP contribution in [-0.2, 0) is 9.59 Å². The molecule has 1 aliphatic heterocycles. The Hall–Kier alpha value is -2.67. The molecule has 0 bridgehead atoms. The summed E-state index contributed by atoms with van der Waals surface area (Å²) < 4.78 is 0. The molecule has 7 nitrogen and oxygen atoms in total. The number of rotatable bonds is 3. The highest BCUT2D eigenvalue weighted by molar-refractivity contribution is 5.96. The molecular weight excluding hydrogens is 270 g/mol. The quantitative estimate of drug-likeness (QED) is 0.643. The van der Waals surface area contributed by atoms with Crippen molar-refractivity contribution in [2.75, 3.05) is 18.4 Å². The first kappa shape index (κ1) is 13.3. The first-order valence-corrected chi connectivity index (χ1v) is 6.62. The van der Waals surface area contributed by atoms with Crippen molar-refractivity contribution in [3.05, 3.63) is 36.8 Å². The monoisotopic (exact) mass is 285 g/mol. The van der Waals surface area contributed by atoms with Gasteiger partial charge in [0.25, 0.3) is 0 Å². The number of hydrogen-bond donors (Lipinski definition) is 4. The number of benzene rings is 1. The van der Waals surface area contributed by atoms with E-state index in [2.05, 4.69) is 25.9 Å². The number of piperazine rings is 1. The van der Waals surface area contributed by atoms with E-state index in [0.29, 0.717) is 12.2 Å². The van der Waals surface area contributed by atoms with Gasteiger partial charge >= 0.3 is 0 Å². The van der Waals surface area contributed by atoms with E-state index in [0.717, 1.165) is 11.3 Å². The summed E-state index contributed by atoms with van der Waals surface area (Å²) >= 11 is 0. The van der Waals surface area contributed by atoms with Crippen molar-refractivity contribution >= 4 is 17.5 Å². The molecule has 7 heteroatoms. The van der Waals surface area contributed by atoms with Crippen LogP contribution in [0.4, 0.5) is 5.69 Å². The zero-order valence-corrected chi connectivity index (χ0v) is 11.2. The first-order valence-electron chi connectivity index (χ1n) is 6.62. The van der Waals surface area contributed by atoms with Crippen LogP contribution >= 0.6 is 0 Å². The van der Waals surface area contributed by atoms with E-state index in [4.69, 9.17) is 0 Å². The molecule has 21 heavy (non-hydrogen) atoms. The van der Waals surface area contributed by atoms with Crippen LogP contribution in [0.5, 0.6) is 0 Å². The minimum atomic E-state index is -0.407. The molecule has 4 N–H and O–H groups in total. The number of nitrogens with one attached hydrogen (secondary N) is 4. The maximum Gasteiger partial charge on any atom is 0.243 e. The second-order valence-corrected chi connectivity index (χ2v) is 4.77. The molecule has 2 heterocycles. The topological polar surface area (TPSA) is 98.9 Å². The molecule has 1 aromatic heterocycles. The first-order chi connectivity index (χ1) is 10.2. The predicted octanol–water partition coefficient (Wildman–Crippen LogP) is 0.103. The van der Waals surface area contributed by atoms with Gasteiger partial charge in [0.1, 0.15) is 6.04 Å². The predicted molar refractivity (Wildman–Crippen MR) is 77.5 cm³/mol. The maximum absolute atomic E-state index is 12.0. The van der Waals surface area contributed by atoms with E-state index in [1.165, 1.54) is 0 Å². The largest absolute Gasteiger partial charge is 0.353 e. The number of amides is 2. The average Bonchev–Trinajstić information content (AvgIpc) is 3.03. The maximum atomic E-state index is 12.0. The lowest BCUT2D eigenvalue weighted by Gasteiger charge is -2.23. The van der Waals surface area contributed by atoms with Gasteiger partial charge < -0.3 is 15.6 Å². The van der Waals surface area contributed by atoms with Crippen molar-refractivity contribution < 1.29 is 9.59 Å². The molecule has 0 aliphatic carbocycles. The highest BCUT2D eigenvalue weighted by Crippen LogP contribution is 2.18. The molecule has 0 spiro atoms. The molecule has 0 saturated carbocycles. The van der Waals surface area contributed by atoms with Gasteiger partial charge in [0, 0.05) is 12.2 Å². The van der Waals surface area contributed by atoms with Crippen LogP contribution in [0, 0.1) is 0 Å². The molecule has 2 amide bonds. The van der Waals surface area contributed by atoms with Crippen molar-refractivity contribution in [2.24, 2.45) is 0 Å². The number of anilines is 1. The lowest BCUT2D eigenvalue weighted by Crippen LogP contribution is -2.56. The minimum Gasteiger partial charge on any atom is -0.353 e. The van der Waals surface area contributed by atoms with Gasteiger partial charge in [-0.05, 0) is 17.7 Å². The van der Waals surface area contributed by atoms with E-state index in [1.54, 1.807) is 12.5 Å². The molecule has 2 aromatic rings. The van der Waals surface area contributed by atoms with Gasteiger partial charge in [-0.3, -0.25) is 14.9 Å². The van der Waals surface area contributed by atoms with Gasteiger partial charge in [-0.25, -0.2) is 4.98 Å². The smallest absolute Gasteiger partial charge is 0.243 e. The number of H-pyrrole nitrogens is 1. The summed E-state index contributed by atoms with van der Waals surface area (Å²) in [6, 6.07) is 7.05. The SMILES string of the molecule is O=C1CNC(C(=O)Nc2ccc(-c3cnc[nH]3)cc2)CN1. The number of aromatic amines is 1. The summed E-state index contributed by atoms with van der Waals surface area (Å²) in [6.45, 7) is 0.466. The number of imidazole rings is 1. The molecule has 0 radical (unpaired) electrons. The van der Waals surface area contributed by atoms with E-state index in [1.807, 2.05) is 24.3 Å². The third-order valence-corrected chi connectivity index (χ3v) is 3.29. The van der Waals surface area contributed by atoms with Crippen LogP contribution in [0.15, 0.2) is 36.8 Å². The van der Waals surface area contributed by atoms with Gasteiger partial charge in [0.05, 0.1) is 24.8 Å². The van der Waals surface area contributed by atoms with Gasteiger partial charge in [0.15, 0.2) is 0 Å². The van der Waals surface area contributed by atoms with E-state index < -0.39 is 6.04 Å². The van der Waals surface area contributed by atoms with Crippen molar-refractivity contribution in [1.29, 1.82) is 0 Å². The molecule has 108 valence electrons. The Labute approximate surface area is 121 Å². The average molecular weight is 285 g/mol. The fourth-order valence-corrected chi connectivity index (χ4v) is 2.13. The van der Waals surface area contributed by atoms with Crippen molar-refractivity contribution in [3.63, 3.8) is 0 Å². The van der Waals surface area contributed by atoms with Gasteiger partial charge in [0.2, 0.25) is 11.8 Å². The van der Waals surface area contributed by atoms with Crippen molar-refractivity contribution in [1.82, 2.24) is 20.6 Å². The Morgan fingerprint density at radius 1 is 1.29 bits per heavy atom. The summed E-state index contributed by atoms with van der Waals surface area (Å²) in [4.78, 5) is 30.1. The third-order valence-electron chi connectivity index (χ3n) is 3.29. The molecule has 1 aromatic carbocycles. The highest BCUT2D eigenvalue weighted by Gasteiger charge is 2.23. The number of nitrogens with zero attached hydrogens (tertiary/aromatic N) is 1. The Morgan fingerprint density at radius 3 is 2.71 bits per heavy atom. The fraction of sp³-hybridized carbons (Fsp3) is 0.214. The molecule has 1 unspecified atom stereocenters. The Balaban J connectivity index is 1.62. The minimum absolute atomic E-state index is 0.0945. The van der Waals surface area contributed by atoms with Crippen LogP contribution in [0.25, 0.3) is 11.3 Å². The van der Waals surface area contributed by atoms with Crippen molar-refractivity contribution in [3.8, 4) is 11.3 Å². The van der Waals surface area contributed by atoms with Gasteiger partial charge in [-0.2, -0.15) is 0 Å². The van der Waals surface area contributed by atoms with Gasteiger partial charge in [-0.15, -0.1) is 0 Å². The van der Waals surface area contributed by atoms with E-state index >= 15 is 0 Å². The zero-order chi connectivity index (χ0) is 14.7. The molecule has 3 rings (SSSR count). The van der Waals surface area contributed by atoms with Crippen LogP contribution < -0.4 is 16.0 Å². The van der Waals surface area contributed by atoms with Crippen LogP contribution in [-0.4, -0.2) is 40.9 Å². The highest BCUT2D eigenvalue weighted by atomic mass is 16.2. The Morgan fingerprint density at radius 2 is 2.10 bits per heavy atom. The van der Waals surface area contributed by atoms with Crippen LogP contribution in [0.2, 0.25) is 0 Å². The lowest BCUT2D eigenvalue weighted by atomic mass is 10.1. The molecular formula is C14H15N5O2. The summed E-state index contributed by atoms with van der Waals surface area (Å²) in [5.41, 5.74) is 2.63. The molecule has 1 fully saturated rings. The second kappa shape index (κ2) is 5.76. The van der Waals surface area contributed by atoms with Crippen LogP contribution in [0.1, 0.15) is 0 Å². The van der Waals surface area contributed by atoms with Crippen LogP contribution in [0.3, 0.4) is 0 Å². The Bertz CT molecular complexity index is 626.